The van der Waals surface area contributed by atoms with Gasteiger partial charge in [0, 0.05) is 0 Å². The van der Waals surface area contributed by atoms with Crippen molar-refractivity contribution < 1.29 is 9.90 Å². The van der Waals surface area contributed by atoms with Gasteiger partial charge in [0.15, 0.2) is 6.54 Å². The lowest BCUT2D eigenvalue weighted by Gasteiger charge is -2.11. The molecule has 0 aliphatic rings. The number of nitrogens with zero attached hydrogens (tertiary/aromatic N) is 2. The summed E-state index contributed by atoms with van der Waals surface area (Å²) in [5, 5.41) is 28.8. The fourth-order valence-corrected chi connectivity index (χ4v) is 0.786. The Morgan fingerprint density at radius 2 is 2.42 bits per heavy atom. The summed E-state index contributed by atoms with van der Waals surface area (Å²) in [6, 6.07) is 0. The maximum Gasteiger partial charge on any atom is 0.358 e. The number of hydrogen-bond donors (Lipinski definition) is 2. The predicted octanol–water partition coefficient (Wildman–Crippen LogP) is -1.33. The highest BCUT2D eigenvalue weighted by atomic mass is 16.8. The third kappa shape index (κ3) is 1.57. The molecule has 1 aromatic rings. The molecule has 0 aliphatic heterocycles. The van der Waals surface area contributed by atoms with Gasteiger partial charge in [0.2, 0.25) is 0 Å². The van der Waals surface area contributed by atoms with Crippen LogP contribution in [0.1, 0.15) is 0 Å². The van der Waals surface area contributed by atoms with Crippen molar-refractivity contribution in [2.45, 2.75) is 6.54 Å². The van der Waals surface area contributed by atoms with Gasteiger partial charge in [0.1, 0.15) is 0 Å². The number of nitrogens with one attached hydrogen (secondary N) is 1. The Kier molecular flexibility index (Phi) is 2.04. The molecule has 66 valence electrons. The molecule has 7 nitrogen and oxygen atoms in total. The van der Waals surface area contributed by atoms with Crippen molar-refractivity contribution in [1.29, 1.82) is 0 Å². The van der Waals surface area contributed by atoms with Crippen LogP contribution in [-0.2, 0) is 11.3 Å². The lowest BCUT2D eigenvalue weighted by molar-refractivity contribution is -0.137. The van der Waals surface area contributed by atoms with Crippen molar-refractivity contribution in [3.63, 3.8) is 0 Å². The number of aliphatic carboxylic acids is 1. The molecule has 1 rings (SSSR count). The smallest absolute Gasteiger partial charge is 0.358 e. The van der Waals surface area contributed by atoms with E-state index in [4.69, 9.17) is 5.11 Å². The zero-order valence-electron chi connectivity index (χ0n) is 5.93. The van der Waals surface area contributed by atoms with Crippen LogP contribution in [0.3, 0.4) is 0 Å². The van der Waals surface area contributed by atoms with Crippen LogP contribution in [0, 0.1) is 10.4 Å². The van der Waals surface area contributed by atoms with E-state index >= 15 is 0 Å². The number of carbonyl (C=O) groups is 1. The zero-order chi connectivity index (χ0) is 9.14. The van der Waals surface area contributed by atoms with Crippen LogP contribution in [0.5, 0.6) is 0 Å². The van der Waals surface area contributed by atoms with Crippen molar-refractivity contribution in [2.75, 3.05) is 0 Å². The van der Waals surface area contributed by atoms with E-state index in [9.17, 15) is 15.2 Å². The second kappa shape index (κ2) is 2.99. The summed E-state index contributed by atoms with van der Waals surface area (Å²) in [5.41, 5.74) is -0.336. The number of hydrogen-bond acceptors (Lipinski definition) is 3. The molecule has 1 aromatic heterocycles. The number of carboxylic acids is 1. The third-order valence-corrected chi connectivity index (χ3v) is 1.22. The summed E-state index contributed by atoms with van der Waals surface area (Å²) in [4.78, 5) is 11.8. The van der Waals surface area contributed by atoms with E-state index in [1.54, 1.807) is 0 Å². The minimum absolute atomic E-state index is 0.336. The van der Waals surface area contributed by atoms with Crippen molar-refractivity contribution >= 4 is 5.97 Å². The van der Waals surface area contributed by atoms with Crippen LogP contribution in [0.2, 0.25) is 0 Å². The molecule has 0 saturated carbocycles. The zero-order valence-corrected chi connectivity index (χ0v) is 5.93. The molecular formula is C5H6N3O4-. The largest absolute Gasteiger partial charge is 0.744 e. The maximum absolute atomic E-state index is 10.2. The third-order valence-electron chi connectivity index (χ3n) is 1.22. The van der Waals surface area contributed by atoms with Gasteiger partial charge in [-0.2, -0.15) is 0 Å². The van der Waals surface area contributed by atoms with Crippen LogP contribution < -0.4 is 10.5 Å². The molecule has 0 saturated heterocycles. The molecule has 0 amide bonds. The molecule has 0 atom stereocenters. The van der Waals surface area contributed by atoms with Crippen LogP contribution >= 0.6 is 0 Å². The van der Waals surface area contributed by atoms with Crippen LogP contribution in [0.15, 0.2) is 12.4 Å². The van der Waals surface area contributed by atoms with Crippen molar-refractivity contribution in [1.82, 2.24) is 14.5 Å². The van der Waals surface area contributed by atoms with Gasteiger partial charge in [0.25, 0.3) is 0 Å². The first-order valence-corrected chi connectivity index (χ1v) is 3.04. The molecule has 0 aliphatic carbocycles. The molecule has 12 heavy (non-hydrogen) atoms. The molecule has 0 unspecified atom stereocenters. The van der Waals surface area contributed by atoms with E-state index in [1.807, 2.05) is 0 Å². The van der Waals surface area contributed by atoms with E-state index in [0.717, 1.165) is 4.57 Å². The highest BCUT2D eigenvalue weighted by Gasteiger charge is 2.05. The Hall–Kier alpha value is -1.92. The normalized spacial score (nSPS) is 9.67. The summed E-state index contributed by atoms with van der Waals surface area (Å²) in [5.74, 6) is -1.12. The minimum Gasteiger partial charge on any atom is -0.744 e. The van der Waals surface area contributed by atoms with Crippen LogP contribution in [0.25, 0.3) is 0 Å². The van der Waals surface area contributed by atoms with Gasteiger partial charge in [-0.1, -0.05) is 0 Å². The predicted molar refractivity (Wildman–Crippen MR) is 38.4 cm³/mol. The molecule has 0 radical (unpaired) electrons. The summed E-state index contributed by atoms with van der Waals surface area (Å²) in [6.45, 7) is -0.417. The molecule has 0 aromatic carbocycles. The Morgan fingerprint density at radius 1 is 1.75 bits per heavy atom. The molecule has 0 bridgehead atoms. The SMILES string of the molecule is O=C(O)Cn1cc[nH]c1=[N+]([O-])[O-]. The lowest BCUT2D eigenvalue weighted by Crippen LogP contribution is -2.31. The summed E-state index contributed by atoms with van der Waals surface area (Å²) < 4.78 is 1.00. The highest BCUT2D eigenvalue weighted by Crippen LogP contribution is 1.78. The number of carboxylic acid groups (broad SMARTS) is 1. The average molecular weight is 172 g/mol. The number of aromatic amines is 1. The quantitative estimate of drug-likeness (QED) is 0.538. The number of aromatic nitrogens is 2. The van der Waals surface area contributed by atoms with E-state index < -0.39 is 17.4 Å². The van der Waals surface area contributed by atoms with E-state index in [-0.39, 0.29) is 5.62 Å². The maximum atomic E-state index is 10.2. The van der Waals surface area contributed by atoms with Crippen molar-refractivity contribution in [3.8, 4) is 0 Å². The van der Waals surface area contributed by atoms with Crippen molar-refractivity contribution in [2.24, 2.45) is 0 Å². The fraction of sp³-hybridized carbons (Fsp3) is 0.200. The van der Waals surface area contributed by atoms with Gasteiger partial charge in [0.05, 0.1) is 12.4 Å². The van der Waals surface area contributed by atoms with Gasteiger partial charge in [-0.3, -0.25) is 4.90 Å². The summed E-state index contributed by atoms with van der Waals surface area (Å²) in [7, 11) is 0. The minimum atomic E-state index is -1.12. The van der Waals surface area contributed by atoms with Crippen molar-refractivity contribution in [3.05, 3.63) is 28.4 Å². The Bertz CT molecular complexity index is 346. The van der Waals surface area contributed by atoms with Gasteiger partial charge >= 0.3 is 11.6 Å². The molecule has 1 heterocycles. The van der Waals surface area contributed by atoms with Crippen LogP contribution in [0.4, 0.5) is 0 Å². The first-order chi connectivity index (χ1) is 5.61. The molecule has 0 spiro atoms. The van der Waals surface area contributed by atoms with E-state index in [0.29, 0.717) is 0 Å². The first-order valence-electron chi connectivity index (χ1n) is 3.04. The Balaban J connectivity index is 3.09. The second-order valence-corrected chi connectivity index (χ2v) is 2.06. The number of imidazole rings is 1. The molecule has 7 heteroatoms. The monoisotopic (exact) mass is 172 g/mol. The first kappa shape index (κ1) is 8.18. The van der Waals surface area contributed by atoms with E-state index in [2.05, 4.69) is 4.98 Å². The van der Waals surface area contributed by atoms with E-state index in [1.165, 1.54) is 12.4 Å². The topological polar surface area (TPSA) is 107 Å². The Labute approximate surface area is 66.4 Å². The number of H-pyrrole nitrogens is 1. The molecule has 0 fully saturated rings. The average Bonchev–Trinajstić information content (AvgIpc) is 2.33. The lowest BCUT2D eigenvalue weighted by atomic mass is 10.6. The summed E-state index contributed by atoms with van der Waals surface area (Å²) in [6.07, 6.45) is 2.60. The molecular weight excluding hydrogens is 166 g/mol. The Morgan fingerprint density at radius 3 is 2.92 bits per heavy atom. The van der Waals surface area contributed by atoms with Crippen LogP contribution in [-0.4, -0.2) is 20.6 Å². The molecule has 2 N–H and O–H groups in total. The standard InChI is InChI=1S/C5H6N3O4/c9-4(10)3-7-2-1-6-5(7)8(11)12/h1-2,6H,3H2,(H-,9,10,11,12)/q-1. The summed E-state index contributed by atoms with van der Waals surface area (Å²) >= 11 is 0. The number of rotatable bonds is 2. The highest BCUT2D eigenvalue weighted by molar-refractivity contribution is 5.66. The fourth-order valence-electron chi connectivity index (χ4n) is 0.786. The van der Waals surface area contributed by atoms with Gasteiger partial charge in [-0.15, -0.1) is 0 Å². The van der Waals surface area contributed by atoms with Gasteiger partial charge in [-0.05, 0) is 0 Å². The van der Waals surface area contributed by atoms with Gasteiger partial charge in [-0.25, -0.2) is 14.3 Å². The second-order valence-electron chi connectivity index (χ2n) is 2.06. The van der Waals surface area contributed by atoms with Gasteiger partial charge < -0.3 is 15.5 Å².